The summed E-state index contributed by atoms with van der Waals surface area (Å²) in [6, 6.07) is 1.46. The molecule has 3 nitrogen and oxygen atoms in total. The highest BCUT2D eigenvalue weighted by molar-refractivity contribution is 4.67. The zero-order chi connectivity index (χ0) is 13.4. The van der Waals surface area contributed by atoms with Crippen LogP contribution in [0.3, 0.4) is 0 Å². The molecule has 0 aromatic carbocycles. The van der Waals surface area contributed by atoms with Gasteiger partial charge in [0, 0.05) is 25.2 Å². The molecule has 2 heterocycles. The maximum absolute atomic E-state index is 5.21. The molecule has 0 aliphatic carbocycles. The van der Waals surface area contributed by atoms with Crippen molar-refractivity contribution in [1.82, 2.24) is 9.80 Å². The minimum atomic E-state index is 0. The third-order valence-electron chi connectivity index (χ3n) is 3.90. The average molecular weight is 289 g/mol. The first kappa shape index (κ1) is 22.2. The van der Waals surface area contributed by atoms with Crippen LogP contribution in [0.1, 0.15) is 61.8 Å². The molecule has 2 aliphatic rings. The first-order valence-electron chi connectivity index (χ1n) is 7.67. The monoisotopic (exact) mass is 288 g/mol. The second kappa shape index (κ2) is 12.6. The number of piperidine rings is 1. The van der Waals surface area contributed by atoms with E-state index in [1.54, 1.807) is 0 Å². The molecule has 2 aliphatic heterocycles. The van der Waals surface area contributed by atoms with Crippen molar-refractivity contribution in [2.45, 2.75) is 73.9 Å². The molecular formula is C17H40N2O. The highest BCUT2D eigenvalue weighted by Gasteiger charge is 2.12. The van der Waals surface area contributed by atoms with E-state index in [1.807, 2.05) is 0 Å². The molecule has 2 fully saturated rings. The quantitative estimate of drug-likeness (QED) is 0.767. The van der Waals surface area contributed by atoms with Gasteiger partial charge in [-0.3, -0.25) is 4.90 Å². The van der Waals surface area contributed by atoms with Crippen LogP contribution >= 0.6 is 0 Å². The summed E-state index contributed by atoms with van der Waals surface area (Å²) < 4.78 is 5.21. The van der Waals surface area contributed by atoms with Gasteiger partial charge in [0.1, 0.15) is 0 Å². The van der Waals surface area contributed by atoms with Crippen LogP contribution in [0.4, 0.5) is 0 Å². The summed E-state index contributed by atoms with van der Waals surface area (Å²) in [5.74, 6) is 0. The van der Waals surface area contributed by atoms with Crippen molar-refractivity contribution < 1.29 is 4.74 Å². The number of morpholine rings is 1. The van der Waals surface area contributed by atoms with Gasteiger partial charge in [0.25, 0.3) is 0 Å². The Balaban J connectivity index is 0. The Bertz CT molecular complexity index is 173. The fourth-order valence-corrected chi connectivity index (χ4v) is 2.53. The van der Waals surface area contributed by atoms with Crippen molar-refractivity contribution in [2.75, 3.05) is 39.4 Å². The zero-order valence-electron chi connectivity index (χ0n) is 12.8. The van der Waals surface area contributed by atoms with Gasteiger partial charge in [0.15, 0.2) is 0 Å². The fraction of sp³-hybridized carbons (Fsp3) is 1.00. The average Bonchev–Trinajstić information content (AvgIpc) is 2.41. The Hall–Kier alpha value is -0.120. The molecule has 0 spiro atoms. The number of rotatable bonds is 2. The van der Waals surface area contributed by atoms with Crippen molar-refractivity contribution >= 4 is 0 Å². The molecule has 20 heavy (non-hydrogen) atoms. The van der Waals surface area contributed by atoms with E-state index in [2.05, 4.69) is 37.5 Å². The summed E-state index contributed by atoms with van der Waals surface area (Å²) in [5, 5.41) is 0. The third-order valence-corrected chi connectivity index (χ3v) is 3.90. The summed E-state index contributed by atoms with van der Waals surface area (Å²) in [4.78, 5) is 4.99. The summed E-state index contributed by atoms with van der Waals surface area (Å²) >= 11 is 0. The van der Waals surface area contributed by atoms with Gasteiger partial charge < -0.3 is 9.64 Å². The van der Waals surface area contributed by atoms with Gasteiger partial charge in [-0.15, -0.1) is 0 Å². The highest BCUT2D eigenvalue weighted by Crippen LogP contribution is 2.10. The standard InChI is InChI=1S/C8H17N.C7H15NO.2CH4/c1-8(2)9-6-4-3-5-7-9;1-7(2)8-3-5-9-6-4-8;;/h8H,3-7H2,1-2H3;7H,3-6H2,1-2H3;2*1H4. The smallest absolute Gasteiger partial charge is 0.0594 e. The lowest BCUT2D eigenvalue weighted by Crippen LogP contribution is -2.40. The van der Waals surface area contributed by atoms with Crippen LogP contribution in [0, 0.1) is 0 Å². The first-order valence-corrected chi connectivity index (χ1v) is 7.67. The zero-order valence-corrected chi connectivity index (χ0v) is 12.8. The molecule has 0 amide bonds. The third kappa shape index (κ3) is 8.93. The molecule has 0 aromatic rings. The Kier molecular flexibility index (Phi) is 14.0. The molecule has 2 rings (SSSR count). The number of ether oxygens (including phenoxy) is 1. The van der Waals surface area contributed by atoms with Crippen LogP contribution in [-0.4, -0.2) is 61.3 Å². The van der Waals surface area contributed by atoms with Crippen LogP contribution in [0.25, 0.3) is 0 Å². The number of hydrogen-bond donors (Lipinski definition) is 0. The first-order chi connectivity index (χ1) is 8.61. The second-order valence-electron chi connectivity index (χ2n) is 5.93. The molecule has 0 N–H and O–H groups in total. The molecule has 3 heteroatoms. The normalized spacial score (nSPS) is 20.7. The second-order valence-corrected chi connectivity index (χ2v) is 5.93. The molecule has 0 radical (unpaired) electrons. The van der Waals surface area contributed by atoms with Crippen molar-refractivity contribution in [1.29, 1.82) is 0 Å². The Morgan fingerprint density at radius 3 is 1.35 bits per heavy atom. The van der Waals surface area contributed by atoms with Crippen LogP contribution < -0.4 is 0 Å². The summed E-state index contributed by atoms with van der Waals surface area (Å²) in [6.07, 6.45) is 4.28. The van der Waals surface area contributed by atoms with E-state index in [1.165, 1.54) is 32.4 Å². The maximum Gasteiger partial charge on any atom is 0.0594 e. The predicted octanol–water partition coefficient (Wildman–Crippen LogP) is 3.88. The van der Waals surface area contributed by atoms with E-state index in [0.717, 1.165) is 32.3 Å². The largest absolute Gasteiger partial charge is 0.379 e. The summed E-state index contributed by atoms with van der Waals surface area (Å²) in [5.41, 5.74) is 0. The van der Waals surface area contributed by atoms with E-state index in [-0.39, 0.29) is 14.9 Å². The lowest BCUT2D eigenvalue weighted by molar-refractivity contribution is 0.0238. The molecule has 0 unspecified atom stereocenters. The van der Waals surface area contributed by atoms with Crippen molar-refractivity contribution in [2.24, 2.45) is 0 Å². The lowest BCUT2D eigenvalue weighted by atomic mass is 10.1. The Morgan fingerprint density at radius 2 is 1.05 bits per heavy atom. The molecule has 124 valence electrons. The molecule has 2 saturated heterocycles. The number of likely N-dealkylation sites (tertiary alicyclic amines) is 1. The maximum atomic E-state index is 5.21. The summed E-state index contributed by atoms with van der Waals surface area (Å²) in [7, 11) is 0. The van der Waals surface area contributed by atoms with Crippen LogP contribution in [0.5, 0.6) is 0 Å². The molecule has 0 saturated carbocycles. The molecular weight excluding hydrogens is 248 g/mol. The van der Waals surface area contributed by atoms with Gasteiger partial charge in [-0.05, 0) is 53.6 Å². The minimum absolute atomic E-state index is 0. The molecule has 0 bridgehead atoms. The van der Waals surface area contributed by atoms with Crippen LogP contribution in [-0.2, 0) is 4.74 Å². The number of hydrogen-bond acceptors (Lipinski definition) is 3. The van der Waals surface area contributed by atoms with Gasteiger partial charge in [0.2, 0.25) is 0 Å². The van der Waals surface area contributed by atoms with Crippen LogP contribution in [0.2, 0.25) is 0 Å². The summed E-state index contributed by atoms with van der Waals surface area (Å²) in [6.45, 7) is 15.7. The minimum Gasteiger partial charge on any atom is -0.379 e. The van der Waals surface area contributed by atoms with Crippen LogP contribution in [0.15, 0.2) is 0 Å². The number of nitrogens with zero attached hydrogens (tertiary/aromatic N) is 2. The fourth-order valence-electron chi connectivity index (χ4n) is 2.53. The topological polar surface area (TPSA) is 15.7 Å². The van der Waals surface area contributed by atoms with E-state index in [9.17, 15) is 0 Å². The highest BCUT2D eigenvalue weighted by atomic mass is 16.5. The predicted molar refractivity (Wildman–Crippen MR) is 91.6 cm³/mol. The van der Waals surface area contributed by atoms with E-state index < -0.39 is 0 Å². The molecule has 0 aromatic heterocycles. The van der Waals surface area contributed by atoms with Gasteiger partial charge in [-0.25, -0.2) is 0 Å². The lowest BCUT2D eigenvalue weighted by Gasteiger charge is -2.29. The Morgan fingerprint density at radius 1 is 0.650 bits per heavy atom. The van der Waals surface area contributed by atoms with Gasteiger partial charge in [-0.1, -0.05) is 21.3 Å². The van der Waals surface area contributed by atoms with E-state index in [0.29, 0.717) is 6.04 Å². The van der Waals surface area contributed by atoms with Crippen molar-refractivity contribution in [3.8, 4) is 0 Å². The van der Waals surface area contributed by atoms with E-state index >= 15 is 0 Å². The Labute approximate surface area is 128 Å². The van der Waals surface area contributed by atoms with E-state index in [4.69, 9.17) is 4.74 Å². The van der Waals surface area contributed by atoms with Crippen molar-refractivity contribution in [3.63, 3.8) is 0 Å². The SMILES string of the molecule is C.C.CC(C)N1CCCCC1.CC(C)N1CCOCC1. The van der Waals surface area contributed by atoms with Gasteiger partial charge >= 0.3 is 0 Å². The molecule has 0 atom stereocenters. The van der Waals surface area contributed by atoms with Gasteiger partial charge in [-0.2, -0.15) is 0 Å². The van der Waals surface area contributed by atoms with Crippen molar-refractivity contribution in [3.05, 3.63) is 0 Å². The van der Waals surface area contributed by atoms with Gasteiger partial charge in [0.05, 0.1) is 13.2 Å².